The molecule has 3 unspecified atom stereocenters. The molecule has 1 aliphatic rings. The number of nitrogens with zero attached hydrogens (tertiary/aromatic N) is 1. The fourth-order valence-electron chi connectivity index (χ4n) is 2.63. The van der Waals surface area contributed by atoms with Gasteiger partial charge >= 0.3 is 27.5 Å². The van der Waals surface area contributed by atoms with Crippen LogP contribution in [-0.4, -0.2) is 68.8 Å². The molecule has 1 aliphatic heterocycles. The van der Waals surface area contributed by atoms with Crippen molar-refractivity contribution >= 4 is 50.5 Å². The maximum absolute atomic E-state index is 12.4. The topological polar surface area (TPSA) is 187 Å². The Morgan fingerprint density at radius 3 is 2.48 bits per heavy atom. The van der Waals surface area contributed by atoms with Crippen LogP contribution in [0.4, 0.5) is 14.4 Å². The van der Waals surface area contributed by atoms with Gasteiger partial charge in [-0.25, -0.2) is 19.1 Å². The van der Waals surface area contributed by atoms with Gasteiger partial charge in [-0.3, -0.25) is 14.5 Å². The number of benzene rings is 1. The fraction of sp³-hybridized carbons (Fsp3) is 0.353. The molecule has 2 rings (SSSR count). The van der Waals surface area contributed by atoms with Gasteiger partial charge in [0.25, 0.3) is 5.91 Å². The fourth-order valence-corrected chi connectivity index (χ4v) is 3.14. The first-order valence-corrected chi connectivity index (χ1v) is 11.4. The standard InChI is InChI=1S/C17H19ClN4O10S/c1-10(19-9-23)32-17(27)31-8-12-13(14(24)22(12)15(25)21-33(18,28)29)20-16(26)30-7-11-5-3-2-4-6-11/h2-6,9-10,12-13H,7-8H2,1H3,(H,19,23)(H,20,26)(H,21,25). The molecule has 1 saturated heterocycles. The highest BCUT2D eigenvalue weighted by Gasteiger charge is 2.53. The molecule has 0 aliphatic carbocycles. The van der Waals surface area contributed by atoms with E-state index in [1.807, 2.05) is 0 Å². The molecule has 0 saturated carbocycles. The molecule has 1 aromatic rings. The van der Waals surface area contributed by atoms with E-state index in [0.717, 1.165) is 0 Å². The number of carbonyl (C=O) groups excluding carboxylic acids is 5. The summed E-state index contributed by atoms with van der Waals surface area (Å²) in [5.74, 6) is -1.01. The summed E-state index contributed by atoms with van der Waals surface area (Å²) in [6, 6.07) is 4.48. The molecule has 0 bridgehead atoms. The molecular formula is C17H19ClN4O10S. The van der Waals surface area contributed by atoms with E-state index in [-0.39, 0.29) is 13.0 Å². The first kappa shape index (κ1) is 25.7. The number of hydrogen-bond acceptors (Lipinski definition) is 10. The molecule has 5 amide bonds. The van der Waals surface area contributed by atoms with Gasteiger partial charge in [-0.2, -0.15) is 8.42 Å². The van der Waals surface area contributed by atoms with E-state index in [4.69, 9.17) is 20.2 Å². The first-order chi connectivity index (χ1) is 15.5. The zero-order chi connectivity index (χ0) is 24.6. The summed E-state index contributed by atoms with van der Waals surface area (Å²) in [5.41, 5.74) is 0.668. The minimum Gasteiger partial charge on any atom is -0.445 e. The van der Waals surface area contributed by atoms with E-state index in [1.165, 1.54) is 11.6 Å². The quantitative estimate of drug-likeness (QED) is 0.134. The van der Waals surface area contributed by atoms with Crippen molar-refractivity contribution in [3.05, 3.63) is 35.9 Å². The van der Waals surface area contributed by atoms with Gasteiger partial charge < -0.3 is 24.8 Å². The number of nitrogens with one attached hydrogen (secondary N) is 3. The van der Waals surface area contributed by atoms with Gasteiger partial charge in [0, 0.05) is 10.7 Å². The van der Waals surface area contributed by atoms with Gasteiger partial charge in [0.05, 0.1) is 0 Å². The van der Waals surface area contributed by atoms with Crippen molar-refractivity contribution in [3.63, 3.8) is 0 Å². The molecule has 0 aromatic heterocycles. The highest BCUT2D eigenvalue weighted by molar-refractivity contribution is 8.12. The van der Waals surface area contributed by atoms with Crippen molar-refractivity contribution in [2.24, 2.45) is 0 Å². The molecule has 14 nitrogen and oxygen atoms in total. The second-order valence-electron chi connectivity index (χ2n) is 6.41. The Morgan fingerprint density at radius 1 is 1.21 bits per heavy atom. The third-order valence-electron chi connectivity index (χ3n) is 4.08. The minimum absolute atomic E-state index is 0.114. The first-order valence-electron chi connectivity index (χ1n) is 9.11. The SMILES string of the molecule is CC(NC=O)OC(=O)OCC1C(NC(=O)OCc2ccccc2)C(=O)N1C(=O)NS(=O)(=O)Cl. The molecule has 1 heterocycles. The van der Waals surface area contributed by atoms with Crippen molar-refractivity contribution in [1.82, 2.24) is 20.3 Å². The molecule has 3 atom stereocenters. The van der Waals surface area contributed by atoms with Crippen molar-refractivity contribution in [2.75, 3.05) is 6.61 Å². The van der Waals surface area contributed by atoms with E-state index in [2.05, 4.69) is 15.4 Å². The van der Waals surface area contributed by atoms with E-state index in [9.17, 15) is 32.4 Å². The Balaban J connectivity index is 2.02. The monoisotopic (exact) mass is 506 g/mol. The highest BCUT2D eigenvalue weighted by Crippen LogP contribution is 2.22. The van der Waals surface area contributed by atoms with Gasteiger partial charge in [-0.05, 0) is 12.5 Å². The normalized spacial score (nSPS) is 18.2. The number of urea groups is 1. The molecule has 33 heavy (non-hydrogen) atoms. The Morgan fingerprint density at radius 2 is 1.88 bits per heavy atom. The van der Waals surface area contributed by atoms with Crippen molar-refractivity contribution < 1.29 is 46.6 Å². The lowest BCUT2D eigenvalue weighted by atomic mass is 9.96. The van der Waals surface area contributed by atoms with Crippen LogP contribution in [0.2, 0.25) is 0 Å². The predicted octanol–water partition coefficient (Wildman–Crippen LogP) is -0.0694. The predicted molar refractivity (Wildman–Crippen MR) is 109 cm³/mol. The summed E-state index contributed by atoms with van der Waals surface area (Å²) in [6.07, 6.45) is -3.05. The van der Waals surface area contributed by atoms with Crippen molar-refractivity contribution in [3.8, 4) is 0 Å². The molecule has 1 fully saturated rings. The molecular weight excluding hydrogens is 488 g/mol. The van der Waals surface area contributed by atoms with Crippen LogP contribution in [0.3, 0.4) is 0 Å². The largest absolute Gasteiger partial charge is 0.510 e. The Labute approximate surface area is 192 Å². The average molecular weight is 507 g/mol. The lowest BCUT2D eigenvalue weighted by Gasteiger charge is -2.44. The summed E-state index contributed by atoms with van der Waals surface area (Å²) < 4.78 is 38.0. The molecule has 3 N–H and O–H groups in total. The summed E-state index contributed by atoms with van der Waals surface area (Å²) in [4.78, 5) is 58.9. The number of hydrogen-bond donors (Lipinski definition) is 3. The molecule has 0 spiro atoms. The number of ether oxygens (including phenoxy) is 3. The number of β-lactam (4-membered cyclic amide) rings is 1. The van der Waals surface area contributed by atoms with Gasteiger partial charge in [0.2, 0.25) is 6.41 Å². The number of carbonyl (C=O) groups is 5. The van der Waals surface area contributed by atoms with E-state index in [1.54, 1.807) is 30.3 Å². The van der Waals surface area contributed by atoms with Gasteiger partial charge in [-0.1, -0.05) is 30.3 Å². The second-order valence-corrected chi connectivity index (χ2v) is 8.71. The van der Waals surface area contributed by atoms with Crippen LogP contribution in [0.25, 0.3) is 0 Å². The van der Waals surface area contributed by atoms with Crippen LogP contribution in [0.1, 0.15) is 12.5 Å². The minimum atomic E-state index is -4.53. The van der Waals surface area contributed by atoms with Gasteiger partial charge in [-0.15, -0.1) is 0 Å². The zero-order valence-corrected chi connectivity index (χ0v) is 18.5. The zero-order valence-electron chi connectivity index (χ0n) is 16.9. The number of rotatable bonds is 9. The maximum atomic E-state index is 12.4. The van der Waals surface area contributed by atoms with Crippen LogP contribution >= 0.6 is 10.7 Å². The highest BCUT2D eigenvalue weighted by atomic mass is 35.7. The maximum Gasteiger partial charge on any atom is 0.510 e. The number of imide groups is 1. The van der Waals surface area contributed by atoms with Crippen LogP contribution in [0.15, 0.2) is 30.3 Å². The third kappa shape index (κ3) is 7.80. The average Bonchev–Trinajstić information content (AvgIpc) is 2.72. The van der Waals surface area contributed by atoms with Crippen molar-refractivity contribution in [2.45, 2.75) is 31.8 Å². The Bertz CT molecular complexity index is 1010. The Kier molecular flexibility index (Phi) is 8.81. The van der Waals surface area contributed by atoms with Crippen molar-refractivity contribution in [1.29, 1.82) is 0 Å². The van der Waals surface area contributed by atoms with E-state index >= 15 is 0 Å². The van der Waals surface area contributed by atoms with E-state index < -0.39 is 58.3 Å². The number of amides is 5. The molecule has 0 radical (unpaired) electrons. The number of alkyl carbamates (subject to hydrolysis) is 1. The summed E-state index contributed by atoms with van der Waals surface area (Å²) in [7, 11) is 0.423. The molecule has 16 heteroatoms. The van der Waals surface area contributed by atoms with Crippen LogP contribution in [-0.2, 0) is 39.6 Å². The summed E-state index contributed by atoms with van der Waals surface area (Å²) in [5, 5.41) is 4.34. The smallest absolute Gasteiger partial charge is 0.445 e. The van der Waals surface area contributed by atoms with Crippen LogP contribution in [0, 0.1) is 0 Å². The van der Waals surface area contributed by atoms with Crippen LogP contribution in [0.5, 0.6) is 0 Å². The Hall–Kier alpha value is -3.59. The molecule has 180 valence electrons. The molecule has 1 aromatic carbocycles. The number of likely N-dealkylation sites (tertiary alicyclic amines) is 1. The van der Waals surface area contributed by atoms with E-state index in [0.29, 0.717) is 10.5 Å². The van der Waals surface area contributed by atoms with Gasteiger partial charge in [0.1, 0.15) is 25.3 Å². The lowest BCUT2D eigenvalue weighted by Crippen LogP contribution is -2.74. The second kappa shape index (κ2) is 11.3. The third-order valence-corrected chi connectivity index (χ3v) is 4.73. The summed E-state index contributed by atoms with van der Waals surface area (Å²) in [6.45, 7) is 0.524. The van der Waals surface area contributed by atoms with Gasteiger partial charge in [0.15, 0.2) is 6.23 Å². The lowest BCUT2D eigenvalue weighted by molar-refractivity contribution is -0.147. The number of halogens is 1. The van der Waals surface area contributed by atoms with Crippen LogP contribution < -0.4 is 15.4 Å². The summed E-state index contributed by atoms with van der Waals surface area (Å²) >= 11 is 0.